The van der Waals surface area contributed by atoms with Crippen LogP contribution >= 0.6 is 0 Å². The Kier molecular flexibility index (Phi) is 7.75. The van der Waals surface area contributed by atoms with Crippen LogP contribution in [-0.2, 0) is 19.2 Å². The molecule has 4 fully saturated rings. The maximum atomic E-state index is 12.7. The Morgan fingerprint density at radius 3 is 2.60 bits per heavy atom. The van der Waals surface area contributed by atoms with Crippen LogP contribution in [0.25, 0.3) is 0 Å². The number of nitrogens with zero attached hydrogens (tertiary/aromatic N) is 1. The van der Waals surface area contributed by atoms with Crippen molar-refractivity contribution in [2.45, 2.75) is 110 Å². The highest BCUT2D eigenvalue weighted by Gasteiger charge is 2.62. The van der Waals surface area contributed by atoms with E-state index in [2.05, 4.69) is 36.5 Å². The summed E-state index contributed by atoms with van der Waals surface area (Å²) in [6.45, 7) is 11.0. The lowest BCUT2D eigenvalue weighted by molar-refractivity contribution is -0.139. The van der Waals surface area contributed by atoms with Crippen molar-refractivity contribution in [2.24, 2.45) is 39.7 Å². The third-order valence-electron chi connectivity index (χ3n) is 11.5. The molecule has 5 rings (SSSR count). The van der Waals surface area contributed by atoms with E-state index in [1.165, 1.54) is 5.57 Å². The molecule has 222 valence electrons. The minimum atomic E-state index is -0.937. The number of carboxylic acid groups (broad SMARTS) is 1. The van der Waals surface area contributed by atoms with Crippen LogP contribution < -0.4 is 5.32 Å². The van der Waals surface area contributed by atoms with Crippen LogP contribution in [0.5, 0.6) is 0 Å². The number of carbonyl (C=O) groups excluding carboxylic acids is 1. The van der Waals surface area contributed by atoms with E-state index in [0.29, 0.717) is 42.9 Å². The number of carbonyl (C=O) groups is 2. The average molecular weight is 557 g/mol. The van der Waals surface area contributed by atoms with Gasteiger partial charge in [-0.05, 0) is 113 Å². The van der Waals surface area contributed by atoms with Crippen molar-refractivity contribution in [1.82, 2.24) is 5.32 Å². The summed E-state index contributed by atoms with van der Waals surface area (Å²) >= 11 is 0. The number of nitrogens with one attached hydrogen (secondary N) is 1. The first-order chi connectivity index (χ1) is 18.7. The molecule has 3 saturated carbocycles. The maximum Gasteiger partial charge on any atom is 0.305 e. The van der Waals surface area contributed by atoms with Gasteiger partial charge in [0.15, 0.2) is 6.61 Å². The van der Waals surface area contributed by atoms with Gasteiger partial charge in [-0.1, -0.05) is 30.7 Å². The van der Waals surface area contributed by atoms with Crippen LogP contribution in [-0.4, -0.2) is 58.3 Å². The Bertz CT molecular complexity index is 1110. The van der Waals surface area contributed by atoms with Gasteiger partial charge >= 0.3 is 5.97 Å². The lowest BCUT2D eigenvalue weighted by Gasteiger charge is -2.58. The summed E-state index contributed by atoms with van der Waals surface area (Å²) < 4.78 is 5.77. The van der Waals surface area contributed by atoms with Gasteiger partial charge < -0.3 is 25.1 Å². The van der Waals surface area contributed by atoms with Gasteiger partial charge in [-0.25, -0.2) is 0 Å². The van der Waals surface area contributed by atoms with Gasteiger partial charge in [0.05, 0.1) is 17.6 Å². The number of allylic oxidation sites excluding steroid dienone is 4. The summed E-state index contributed by atoms with van der Waals surface area (Å²) in [7, 11) is 0. The fourth-order valence-corrected chi connectivity index (χ4v) is 9.07. The fraction of sp³-hybridized carbons (Fsp3) is 0.781. The lowest BCUT2D eigenvalue weighted by atomic mass is 9.47. The summed E-state index contributed by atoms with van der Waals surface area (Å²) in [5.74, 6) is 0.483. The van der Waals surface area contributed by atoms with Gasteiger partial charge in [-0.2, -0.15) is 0 Å². The summed E-state index contributed by atoms with van der Waals surface area (Å²) in [6, 6.07) is -0.474. The molecule has 1 amide bonds. The van der Waals surface area contributed by atoms with Crippen molar-refractivity contribution >= 4 is 17.6 Å². The third-order valence-corrected chi connectivity index (χ3v) is 11.5. The van der Waals surface area contributed by atoms with E-state index in [0.717, 1.165) is 38.5 Å². The highest BCUT2D eigenvalue weighted by Crippen LogP contribution is 2.66. The molecule has 0 spiro atoms. The van der Waals surface area contributed by atoms with Crippen LogP contribution in [0.3, 0.4) is 0 Å². The van der Waals surface area contributed by atoms with Crippen molar-refractivity contribution in [3.05, 3.63) is 23.8 Å². The average Bonchev–Trinajstić information content (AvgIpc) is 3.11. The zero-order valence-corrected chi connectivity index (χ0v) is 24.9. The number of oxime groups is 1. The van der Waals surface area contributed by atoms with E-state index in [1.54, 1.807) is 0 Å². The van der Waals surface area contributed by atoms with Crippen molar-refractivity contribution in [3.8, 4) is 0 Å². The van der Waals surface area contributed by atoms with E-state index in [4.69, 9.17) is 9.57 Å². The predicted molar refractivity (Wildman–Crippen MR) is 153 cm³/mol. The number of fused-ring (bicyclic) bond motifs is 5. The van der Waals surface area contributed by atoms with Crippen molar-refractivity contribution in [2.75, 3.05) is 13.2 Å². The Hall–Kier alpha value is -2.19. The minimum absolute atomic E-state index is 0.00952. The SMILES string of the molecule is CC1(C)C[C@H]([C@H](CC(=O)O)NC(=O)CO/N=C2/C=C[C@@]3(C)C(=C2)CC[C@@H]2[C@H]3CC[C@@]3(C)[C@@H]2CC[C@]3(C)O)CCO1. The Balaban J connectivity index is 1.19. The molecule has 0 aromatic carbocycles. The molecule has 1 heterocycles. The van der Waals surface area contributed by atoms with E-state index in [9.17, 15) is 19.8 Å². The monoisotopic (exact) mass is 556 g/mol. The van der Waals surface area contributed by atoms with Crippen LogP contribution in [0.4, 0.5) is 0 Å². The normalized spacial score (nSPS) is 41.8. The Morgan fingerprint density at radius 2 is 1.88 bits per heavy atom. The predicted octanol–water partition coefficient (Wildman–Crippen LogP) is 5.01. The maximum absolute atomic E-state index is 12.7. The highest BCUT2D eigenvalue weighted by molar-refractivity contribution is 6.05. The van der Waals surface area contributed by atoms with Crippen molar-refractivity contribution < 1.29 is 29.4 Å². The molecule has 0 aromatic heterocycles. The van der Waals surface area contributed by atoms with Gasteiger partial charge in [-0.3, -0.25) is 9.59 Å². The Morgan fingerprint density at radius 1 is 1.12 bits per heavy atom. The summed E-state index contributed by atoms with van der Waals surface area (Å²) in [6.07, 6.45) is 14.0. The van der Waals surface area contributed by atoms with Crippen LogP contribution in [0.1, 0.15) is 92.4 Å². The first-order valence-electron chi connectivity index (χ1n) is 15.2. The zero-order valence-electron chi connectivity index (χ0n) is 24.9. The Labute approximate surface area is 238 Å². The first-order valence-corrected chi connectivity index (χ1v) is 15.2. The molecule has 0 bridgehead atoms. The number of aliphatic hydroxyl groups is 1. The van der Waals surface area contributed by atoms with Crippen molar-refractivity contribution in [1.29, 1.82) is 0 Å². The molecule has 0 radical (unpaired) electrons. The molecule has 1 aliphatic heterocycles. The number of aliphatic carboxylic acids is 1. The van der Waals surface area contributed by atoms with Crippen LogP contribution in [0.15, 0.2) is 29.0 Å². The number of ether oxygens (including phenoxy) is 1. The minimum Gasteiger partial charge on any atom is -0.481 e. The molecule has 8 nitrogen and oxygen atoms in total. The smallest absolute Gasteiger partial charge is 0.305 e. The highest BCUT2D eigenvalue weighted by atomic mass is 16.6. The molecule has 3 N–H and O–H groups in total. The molecule has 4 aliphatic carbocycles. The largest absolute Gasteiger partial charge is 0.481 e. The second kappa shape index (κ2) is 10.6. The molecule has 0 aromatic rings. The number of carboxylic acids is 1. The van der Waals surface area contributed by atoms with Gasteiger partial charge in [0.25, 0.3) is 5.91 Å². The molecular weight excluding hydrogens is 508 g/mol. The van der Waals surface area contributed by atoms with E-state index in [1.807, 2.05) is 26.8 Å². The van der Waals surface area contributed by atoms with E-state index >= 15 is 0 Å². The molecule has 0 unspecified atom stereocenters. The number of rotatable bonds is 7. The summed E-state index contributed by atoms with van der Waals surface area (Å²) in [5.41, 5.74) is 1.17. The first kappa shape index (κ1) is 29.3. The summed E-state index contributed by atoms with van der Waals surface area (Å²) in [5, 5.41) is 27.7. The third kappa shape index (κ3) is 5.38. The fourth-order valence-electron chi connectivity index (χ4n) is 9.07. The second-order valence-electron chi connectivity index (χ2n) is 14.4. The summed E-state index contributed by atoms with van der Waals surface area (Å²) in [4.78, 5) is 29.6. The number of amides is 1. The molecule has 8 heteroatoms. The van der Waals surface area contributed by atoms with Gasteiger partial charge in [0.1, 0.15) is 5.71 Å². The van der Waals surface area contributed by atoms with Crippen LogP contribution in [0, 0.1) is 34.5 Å². The quantitative estimate of drug-likeness (QED) is 0.380. The molecule has 40 heavy (non-hydrogen) atoms. The zero-order chi connectivity index (χ0) is 28.9. The number of hydrogen-bond acceptors (Lipinski definition) is 6. The van der Waals surface area contributed by atoms with Gasteiger partial charge in [0.2, 0.25) is 0 Å². The van der Waals surface area contributed by atoms with Crippen LogP contribution in [0.2, 0.25) is 0 Å². The van der Waals surface area contributed by atoms with Gasteiger partial charge in [0, 0.05) is 18.1 Å². The van der Waals surface area contributed by atoms with Crippen molar-refractivity contribution in [3.63, 3.8) is 0 Å². The molecule has 8 atom stereocenters. The second-order valence-corrected chi connectivity index (χ2v) is 14.4. The molecule has 1 saturated heterocycles. The molecule has 5 aliphatic rings. The van der Waals surface area contributed by atoms with Gasteiger partial charge in [-0.15, -0.1) is 0 Å². The lowest BCUT2D eigenvalue weighted by Crippen LogP contribution is -2.53. The standard InChI is InChI=1S/C32H48N2O6/c1-29(2)18-20(11-15-39-29)26(17-28(36)37)33-27(35)19-40-34-22-8-12-30(3)21(16-22)6-7-23-24(30)9-13-31(4)25(23)10-14-32(31,5)38/h8,12,16,20,23-26,38H,6-7,9-11,13-15,17-19H2,1-5H3,(H,33,35)(H,36,37)/b34-22-/t20-,23-,24-,25-,26+,30+,31+,32+/m1/s1. The van der Waals surface area contributed by atoms with E-state index < -0.39 is 17.6 Å². The van der Waals surface area contributed by atoms with E-state index in [-0.39, 0.29) is 41.3 Å². The topological polar surface area (TPSA) is 117 Å². The number of hydrogen-bond donors (Lipinski definition) is 3. The molecular formula is C32H48N2O6.